The van der Waals surface area contributed by atoms with E-state index in [1.807, 2.05) is 54.6 Å². The first-order valence-electron chi connectivity index (χ1n) is 10.3. The SMILES string of the molecule is CC1(C)N([O-])c2cc(COc3ccc(/C=N/NC(=S)Nc4ccccc4)cc3)ccc2[N+]1=O. The van der Waals surface area contributed by atoms with Gasteiger partial charge in [-0.05, 0) is 71.9 Å². The third-order valence-corrected chi connectivity index (χ3v) is 5.36. The molecule has 0 atom stereocenters. The molecule has 3 aromatic carbocycles. The van der Waals surface area contributed by atoms with E-state index in [1.54, 1.807) is 38.3 Å². The van der Waals surface area contributed by atoms with Crippen LogP contribution in [0.3, 0.4) is 0 Å². The lowest BCUT2D eigenvalue weighted by molar-refractivity contribution is -0.532. The molecule has 0 unspecified atom stereocenters. The number of thiocarbonyl (C=S) groups is 1. The molecule has 0 fully saturated rings. The molecule has 0 saturated heterocycles. The van der Waals surface area contributed by atoms with E-state index >= 15 is 0 Å². The number of hydrogen-bond donors (Lipinski definition) is 2. The molecule has 0 aliphatic carbocycles. The maximum absolute atomic E-state index is 12.4. The number of para-hydroxylation sites is 1. The van der Waals surface area contributed by atoms with Gasteiger partial charge in [0.1, 0.15) is 18.0 Å². The van der Waals surface area contributed by atoms with E-state index in [9.17, 15) is 10.1 Å². The summed E-state index contributed by atoms with van der Waals surface area (Å²) in [7, 11) is 0. The van der Waals surface area contributed by atoms with Crippen LogP contribution in [0.5, 0.6) is 5.75 Å². The first kappa shape index (κ1) is 22.4. The highest BCUT2D eigenvalue weighted by atomic mass is 32.1. The topological polar surface area (TPSA) is 92.0 Å². The van der Waals surface area contributed by atoms with E-state index < -0.39 is 5.66 Å². The predicted octanol–water partition coefficient (Wildman–Crippen LogP) is 5.05. The van der Waals surface area contributed by atoms with Crippen LogP contribution in [-0.4, -0.2) is 21.7 Å². The van der Waals surface area contributed by atoms with Gasteiger partial charge in [-0.25, -0.2) is 0 Å². The molecule has 0 saturated carbocycles. The molecule has 168 valence electrons. The summed E-state index contributed by atoms with van der Waals surface area (Å²) in [6.07, 6.45) is 1.66. The normalized spacial score (nSPS) is 14.3. The predicted molar refractivity (Wildman–Crippen MR) is 134 cm³/mol. The van der Waals surface area contributed by atoms with Crippen LogP contribution in [0.25, 0.3) is 0 Å². The van der Waals surface area contributed by atoms with E-state index in [4.69, 9.17) is 17.0 Å². The Bertz CT molecular complexity index is 1200. The Kier molecular flexibility index (Phi) is 6.34. The molecule has 0 radical (unpaired) electrons. The van der Waals surface area contributed by atoms with Crippen molar-refractivity contribution < 1.29 is 9.50 Å². The van der Waals surface area contributed by atoms with E-state index in [0.29, 0.717) is 22.2 Å². The van der Waals surface area contributed by atoms with Gasteiger partial charge in [-0.15, -0.1) is 0 Å². The average Bonchev–Trinajstić information content (AvgIpc) is 2.99. The molecule has 0 amide bonds. The average molecular weight is 462 g/mol. The van der Waals surface area contributed by atoms with Crippen LogP contribution >= 0.6 is 12.2 Å². The highest BCUT2D eigenvalue weighted by Crippen LogP contribution is 2.43. The maximum Gasteiger partial charge on any atom is 0.281 e. The fourth-order valence-corrected chi connectivity index (χ4v) is 3.50. The van der Waals surface area contributed by atoms with Gasteiger partial charge in [0.05, 0.1) is 11.0 Å². The minimum absolute atomic E-state index is 0.273. The number of benzene rings is 3. The number of hydrazone groups is 1. The minimum atomic E-state index is -1.16. The fraction of sp³-hybridized carbons (Fsp3) is 0.167. The van der Waals surface area contributed by atoms with Gasteiger partial charge in [-0.3, -0.25) is 5.43 Å². The van der Waals surface area contributed by atoms with Crippen LogP contribution in [0.1, 0.15) is 25.0 Å². The molecule has 0 bridgehead atoms. The van der Waals surface area contributed by atoms with Crippen LogP contribution in [0, 0.1) is 10.1 Å². The lowest BCUT2D eigenvalue weighted by Crippen LogP contribution is -2.41. The molecule has 1 heterocycles. The largest absolute Gasteiger partial charge is 0.753 e. The van der Waals surface area contributed by atoms with Gasteiger partial charge in [0.2, 0.25) is 0 Å². The summed E-state index contributed by atoms with van der Waals surface area (Å²) in [4.78, 5) is 12.3. The zero-order valence-electron chi connectivity index (χ0n) is 18.2. The third kappa shape index (κ3) is 5.00. The standard InChI is InChI=1S/C24H23N5O3S/c1-24(2)28(30)21-13-10-18(14-22(21)29(24)31)16-32-20-11-8-17(9-12-20)15-25-27-23(33)26-19-6-4-3-5-7-19/h3-15H,16H2,1-2H3,(H2,26,27,33)/b25-15+. The summed E-state index contributed by atoms with van der Waals surface area (Å²) in [5.41, 5.74) is 4.90. The quantitative estimate of drug-likeness (QED) is 0.230. The number of rotatable bonds is 6. The number of nitroso groups, excluding NO2 is 1. The Balaban J connectivity index is 1.30. The van der Waals surface area contributed by atoms with Crippen molar-refractivity contribution in [3.05, 3.63) is 94.0 Å². The molecule has 2 N–H and O–H groups in total. The van der Waals surface area contributed by atoms with Crippen LogP contribution in [0.4, 0.5) is 17.1 Å². The molecule has 9 heteroatoms. The number of hydroxylamine groups is 1. The molecule has 1 aliphatic rings. The third-order valence-electron chi connectivity index (χ3n) is 5.17. The number of nitrogens with one attached hydrogen (secondary N) is 2. The Morgan fingerprint density at radius 3 is 2.61 bits per heavy atom. The fourth-order valence-electron chi connectivity index (χ4n) is 3.33. The lowest BCUT2D eigenvalue weighted by Gasteiger charge is -2.30. The van der Waals surface area contributed by atoms with Crippen molar-refractivity contribution in [3.63, 3.8) is 0 Å². The van der Waals surface area contributed by atoms with Gasteiger partial charge in [0, 0.05) is 30.5 Å². The van der Waals surface area contributed by atoms with E-state index in [-0.39, 0.29) is 6.61 Å². The van der Waals surface area contributed by atoms with Crippen LogP contribution in [0.2, 0.25) is 0 Å². The monoisotopic (exact) mass is 461 g/mol. The van der Waals surface area contributed by atoms with Crippen LogP contribution < -0.4 is 20.5 Å². The molecule has 33 heavy (non-hydrogen) atoms. The van der Waals surface area contributed by atoms with Gasteiger partial charge >= 0.3 is 0 Å². The highest BCUT2D eigenvalue weighted by molar-refractivity contribution is 7.80. The maximum atomic E-state index is 12.4. The highest BCUT2D eigenvalue weighted by Gasteiger charge is 2.48. The smallest absolute Gasteiger partial charge is 0.281 e. The molecule has 8 nitrogen and oxygen atoms in total. The first-order chi connectivity index (χ1) is 15.8. The van der Waals surface area contributed by atoms with E-state index in [1.165, 1.54) is 0 Å². The molecule has 0 spiro atoms. The number of fused-ring (bicyclic) bond motifs is 1. The molecular weight excluding hydrogens is 438 g/mol. The van der Waals surface area contributed by atoms with Crippen molar-refractivity contribution in [2.24, 2.45) is 5.10 Å². The number of ether oxygens (including phenoxy) is 1. The Labute approximate surface area is 197 Å². The van der Waals surface area contributed by atoms with Gasteiger partial charge in [0.15, 0.2) is 5.11 Å². The van der Waals surface area contributed by atoms with Crippen molar-refractivity contribution in [2.75, 3.05) is 10.4 Å². The Morgan fingerprint density at radius 2 is 1.88 bits per heavy atom. The van der Waals surface area contributed by atoms with Crippen molar-refractivity contribution in [1.82, 2.24) is 5.43 Å². The van der Waals surface area contributed by atoms with Gasteiger partial charge < -0.3 is 20.3 Å². The summed E-state index contributed by atoms with van der Waals surface area (Å²) in [6.45, 7) is 3.46. The zero-order chi connectivity index (χ0) is 23.4. The zero-order valence-corrected chi connectivity index (χ0v) is 19.0. The first-order valence-corrected chi connectivity index (χ1v) is 10.7. The number of nitrogens with zero attached hydrogens (tertiary/aromatic N) is 3. The van der Waals surface area contributed by atoms with Crippen molar-refractivity contribution in [3.8, 4) is 5.75 Å². The van der Waals surface area contributed by atoms with Crippen molar-refractivity contribution in [1.29, 1.82) is 0 Å². The summed E-state index contributed by atoms with van der Waals surface area (Å²) >= 11 is 5.21. The molecular formula is C24H23N5O3S. The van der Waals surface area contributed by atoms with Gasteiger partial charge in [-0.2, -0.15) is 5.10 Å². The van der Waals surface area contributed by atoms with E-state index in [2.05, 4.69) is 15.8 Å². The second kappa shape index (κ2) is 9.35. The lowest BCUT2D eigenvalue weighted by atomic mass is 10.2. The molecule has 0 aromatic heterocycles. The van der Waals surface area contributed by atoms with Crippen molar-refractivity contribution in [2.45, 2.75) is 26.1 Å². The van der Waals surface area contributed by atoms with E-state index in [0.717, 1.165) is 26.6 Å². The Morgan fingerprint density at radius 1 is 1.15 bits per heavy atom. The Hall–Kier alpha value is -3.82. The minimum Gasteiger partial charge on any atom is -0.753 e. The second-order valence-electron chi connectivity index (χ2n) is 7.95. The number of anilines is 2. The van der Waals surface area contributed by atoms with Gasteiger partial charge in [0.25, 0.3) is 11.4 Å². The summed E-state index contributed by atoms with van der Waals surface area (Å²) in [5.74, 6) is 0.673. The molecule has 1 aliphatic heterocycles. The molecule has 4 rings (SSSR count). The summed E-state index contributed by atoms with van der Waals surface area (Å²) < 4.78 is 6.56. The van der Waals surface area contributed by atoms with Crippen LogP contribution in [-0.2, 0) is 6.61 Å². The second-order valence-corrected chi connectivity index (χ2v) is 8.36. The van der Waals surface area contributed by atoms with Gasteiger partial charge in [-0.1, -0.05) is 18.2 Å². The number of hydrogen-bond acceptors (Lipinski definition) is 6. The van der Waals surface area contributed by atoms with Crippen LogP contribution in [0.15, 0.2) is 77.9 Å². The summed E-state index contributed by atoms with van der Waals surface area (Å²) in [5, 5.41) is 20.7. The summed E-state index contributed by atoms with van der Waals surface area (Å²) in [6, 6.07) is 22.1. The van der Waals surface area contributed by atoms with Crippen molar-refractivity contribution >= 4 is 40.6 Å². The molecule has 3 aromatic rings.